The molecule has 0 radical (unpaired) electrons. The van der Waals surface area contributed by atoms with Crippen molar-refractivity contribution < 1.29 is 5.11 Å². The van der Waals surface area contributed by atoms with Crippen LogP contribution in [0.5, 0.6) is 5.75 Å². The highest BCUT2D eigenvalue weighted by molar-refractivity contribution is 5.34. The molecule has 2 N–H and O–H groups in total. The number of hydrogen-bond acceptors (Lipinski definition) is 2. The first kappa shape index (κ1) is 10.5. The molecule has 2 rings (SSSR count). The Hall–Kier alpha value is -1.02. The second kappa shape index (κ2) is 4.23. The van der Waals surface area contributed by atoms with E-state index in [1.165, 1.54) is 24.8 Å². The van der Waals surface area contributed by atoms with Crippen LogP contribution in [-0.2, 0) is 5.41 Å². The molecule has 15 heavy (non-hydrogen) atoms. The van der Waals surface area contributed by atoms with Crippen LogP contribution in [0.2, 0.25) is 0 Å². The standard InChI is InChI=1S/C13H19NO/c1-2-6-13(7-8-14-10-13)11-4-3-5-12(15)9-11/h3-5,9,14-15H,2,6-8,10H2,1H3/t13-/m1/s1. The third-order valence-electron chi connectivity index (χ3n) is 3.43. The summed E-state index contributed by atoms with van der Waals surface area (Å²) in [6, 6.07) is 7.75. The molecule has 0 spiro atoms. The molecular weight excluding hydrogens is 186 g/mol. The average molecular weight is 205 g/mol. The Labute approximate surface area is 91.3 Å². The van der Waals surface area contributed by atoms with Gasteiger partial charge in [0.05, 0.1) is 0 Å². The highest BCUT2D eigenvalue weighted by atomic mass is 16.3. The van der Waals surface area contributed by atoms with Crippen LogP contribution in [0, 0.1) is 0 Å². The number of aromatic hydroxyl groups is 1. The average Bonchev–Trinajstić information content (AvgIpc) is 2.68. The van der Waals surface area contributed by atoms with E-state index in [9.17, 15) is 5.11 Å². The minimum absolute atomic E-state index is 0.257. The summed E-state index contributed by atoms with van der Waals surface area (Å²) in [5.41, 5.74) is 1.54. The molecule has 2 nitrogen and oxygen atoms in total. The van der Waals surface area contributed by atoms with E-state index in [0.29, 0.717) is 5.75 Å². The van der Waals surface area contributed by atoms with Crippen LogP contribution in [0.3, 0.4) is 0 Å². The second-order valence-corrected chi connectivity index (χ2v) is 4.51. The van der Waals surface area contributed by atoms with Crippen LogP contribution in [-0.4, -0.2) is 18.2 Å². The van der Waals surface area contributed by atoms with Crippen LogP contribution in [0.1, 0.15) is 31.7 Å². The van der Waals surface area contributed by atoms with Crippen LogP contribution >= 0.6 is 0 Å². The summed E-state index contributed by atoms with van der Waals surface area (Å²) in [5, 5.41) is 13.0. The van der Waals surface area contributed by atoms with E-state index in [2.05, 4.69) is 18.3 Å². The lowest BCUT2D eigenvalue weighted by molar-refractivity contribution is 0.421. The molecule has 0 bridgehead atoms. The van der Waals surface area contributed by atoms with E-state index in [-0.39, 0.29) is 5.41 Å². The van der Waals surface area contributed by atoms with Gasteiger partial charge in [-0.3, -0.25) is 0 Å². The van der Waals surface area contributed by atoms with E-state index in [4.69, 9.17) is 0 Å². The van der Waals surface area contributed by atoms with Gasteiger partial charge in [0.25, 0.3) is 0 Å². The van der Waals surface area contributed by atoms with Crippen molar-refractivity contribution in [3.63, 3.8) is 0 Å². The molecule has 0 unspecified atom stereocenters. The number of hydrogen-bond donors (Lipinski definition) is 2. The Morgan fingerprint density at radius 2 is 2.33 bits per heavy atom. The zero-order chi connectivity index (χ0) is 10.7. The molecular formula is C13H19NO. The fourth-order valence-electron chi connectivity index (χ4n) is 2.66. The van der Waals surface area contributed by atoms with Crippen LogP contribution < -0.4 is 5.32 Å². The van der Waals surface area contributed by atoms with E-state index in [1.54, 1.807) is 6.07 Å². The normalized spacial score (nSPS) is 25.7. The monoisotopic (exact) mass is 205 g/mol. The Morgan fingerprint density at radius 3 is 2.93 bits per heavy atom. The molecule has 0 aliphatic carbocycles. The van der Waals surface area contributed by atoms with Gasteiger partial charge in [-0.25, -0.2) is 0 Å². The van der Waals surface area contributed by atoms with Crippen molar-refractivity contribution in [3.05, 3.63) is 29.8 Å². The first-order chi connectivity index (χ1) is 7.27. The Bertz CT molecular complexity index is 329. The molecule has 1 heterocycles. The molecule has 1 aromatic rings. The molecule has 1 fully saturated rings. The van der Waals surface area contributed by atoms with Gasteiger partial charge in [-0.05, 0) is 37.1 Å². The van der Waals surface area contributed by atoms with Crippen molar-refractivity contribution in [2.75, 3.05) is 13.1 Å². The first-order valence-corrected chi connectivity index (χ1v) is 5.77. The summed E-state index contributed by atoms with van der Waals surface area (Å²) >= 11 is 0. The molecule has 1 saturated heterocycles. The first-order valence-electron chi connectivity index (χ1n) is 5.77. The van der Waals surface area contributed by atoms with Gasteiger partial charge in [-0.2, -0.15) is 0 Å². The van der Waals surface area contributed by atoms with E-state index in [1.807, 2.05) is 12.1 Å². The lowest BCUT2D eigenvalue weighted by Gasteiger charge is -2.28. The largest absolute Gasteiger partial charge is 0.508 e. The highest BCUT2D eigenvalue weighted by Crippen LogP contribution is 2.36. The summed E-state index contributed by atoms with van der Waals surface area (Å²) in [7, 11) is 0. The summed E-state index contributed by atoms with van der Waals surface area (Å²) < 4.78 is 0. The summed E-state index contributed by atoms with van der Waals surface area (Å²) in [5.74, 6) is 0.384. The minimum Gasteiger partial charge on any atom is -0.508 e. The van der Waals surface area contributed by atoms with Gasteiger partial charge in [-0.1, -0.05) is 25.5 Å². The number of nitrogens with one attached hydrogen (secondary N) is 1. The Morgan fingerprint density at radius 1 is 1.47 bits per heavy atom. The number of phenolic OH excluding ortho intramolecular Hbond substituents is 1. The van der Waals surface area contributed by atoms with Gasteiger partial charge in [-0.15, -0.1) is 0 Å². The lowest BCUT2D eigenvalue weighted by atomic mass is 9.76. The number of benzene rings is 1. The maximum absolute atomic E-state index is 9.54. The molecule has 1 atom stereocenters. The van der Waals surface area contributed by atoms with Crippen molar-refractivity contribution in [1.29, 1.82) is 0 Å². The maximum atomic E-state index is 9.54. The van der Waals surface area contributed by atoms with E-state index >= 15 is 0 Å². The minimum atomic E-state index is 0.257. The van der Waals surface area contributed by atoms with Crippen LogP contribution in [0.4, 0.5) is 0 Å². The van der Waals surface area contributed by atoms with Gasteiger partial charge in [0.15, 0.2) is 0 Å². The molecule has 0 amide bonds. The van der Waals surface area contributed by atoms with Gasteiger partial charge in [0.2, 0.25) is 0 Å². The smallest absolute Gasteiger partial charge is 0.115 e. The van der Waals surface area contributed by atoms with Crippen LogP contribution in [0.25, 0.3) is 0 Å². The molecule has 1 aliphatic rings. The summed E-state index contributed by atoms with van der Waals surface area (Å²) in [4.78, 5) is 0. The van der Waals surface area contributed by atoms with Gasteiger partial charge < -0.3 is 10.4 Å². The fourth-order valence-corrected chi connectivity index (χ4v) is 2.66. The third-order valence-corrected chi connectivity index (χ3v) is 3.43. The van der Waals surface area contributed by atoms with Gasteiger partial charge >= 0.3 is 0 Å². The number of rotatable bonds is 3. The van der Waals surface area contributed by atoms with Gasteiger partial charge in [0, 0.05) is 12.0 Å². The highest BCUT2D eigenvalue weighted by Gasteiger charge is 2.34. The van der Waals surface area contributed by atoms with Crippen molar-refractivity contribution in [1.82, 2.24) is 5.32 Å². The van der Waals surface area contributed by atoms with Crippen molar-refractivity contribution >= 4 is 0 Å². The molecule has 1 aliphatic heterocycles. The fraction of sp³-hybridized carbons (Fsp3) is 0.538. The van der Waals surface area contributed by atoms with Gasteiger partial charge in [0.1, 0.15) is 5.75 Å². The zero-order valence-electron chi connectivity index (χ0n) is 9.29. The van der Waals surface area contributed by atoms with E-state index < -0.39 is 0 Å². The molecule has 82 valence electrons. The predicted molar refractivity (Wildman–Crippen MR) is 62.2 cm³/mol. The molecule has 2 heteroatoms. The molecule has 1 aromatic carbocycles. The Balaban J connectivity index is 2.31. The van der Waals surface area contributed by atoms with Crippen LogP contribution in [0.15, 0.2) is 24.3 Å². The van der Waals surface area contributed by atoms with Crippen molar-refractivity contribution in [3.8, 4) is 5.75 Å². The SMILES string of the molecule is CCC[C@@]1(c2cccc(O)c2)CCNC1. The third kappa shape index (κ3) is 2.00. The maximum Gasteiger partial charge on any atom is 0.115 e. The predicted octanol–water partition coefficient (Wildman–Crippen LogP) is 2.42. The molecule has 0 saturated carbocycles. The van der Waals surface area contributed by atoms with Crippen molar-refractivity contribution in [2.24, 2.45) is 0 Å². The van der Waals surface area contributed by atoms with Crippen molar-refractivity contribution in [2.45, 2.75) is 31.6 Å². The summed E-state index contributed by atoms with van der Waals surface area (Å²) in [6.07, 6.45) is 3.57. The van der Waals surface area contributed by atoms with E-state index in [0.717, 1.165) is 13.1 Å². The Kier molecular flexibility index (Phi) is 2.96. The topological polar surface area (TPSA) is 32.3 Å². The lowest BCUT2D eigenvalue weighted by Crippen LogP contribution is -2.28. The zero-order valence-corrected chi connectivity index (χ0v) is 9.29. The molecule has 0 aromatic heterocycles. The quantitative estimate of drug-likeness (QED) is 0.794. The number of phenols is 1. The summed E-state index contributed by atoms with van der Waals surface area (Å²) in [6.45, 7) is 4.36. The second-order valence-electron chi connectivity index (χ2n) is 4.51.